The average Bonchev–Trinajstić information content (AvgIpc) is 2.82. The number of imidazole rings is 1. The van der Waals surface area contributed by atoms with Gasteiger partial charge in [0.1, 0.15) is 11.6 Å². The third-order valence-corrected chi connectivity index (χ3v) is 2.45. The van der Waals surface area contributed by atoms with Gasteiger partial charge in [0.15, 0.2) is 12.2 Å². The number of nitrogens with zero attached hydrogens (tertiary/aromatic N) is 5. The van der Waals surface area contributed by atoms with E-state index in [0.29, 0.717) is 17.1 Å². The van der Waals surface area contributed by atoms with Gasteiger partial charge < -0.3 is 5.21 Å². The summed E-state index contributed by atoms with van der Waals surface area (Å²) in [5.41, 5.74) is 1.54. The Morgan fingerprint density at radius 2 is 2.19 bits per heavy atom. The summed E-state index contributed by atoms with van der Waals surface area (Å²) in [7, 11) is 0. The molecule has 2 aromatic rings. The van der Waals surface area contributed by atoms with Gasteiger partial charge in [-0.1, -0.05) is 23.3 Å². The van der Waals surface area contributed by atoms with E-state index in [-0.39, 0.29) is 0 Å². The molecule has 2 heterocycles. The van der Waals surface area contributed by atoms with Crippen molar-refractivity contribution in [2.24, 2.45) is 5.22 Å². The summed E-state index contributed by atoms with van der Waals surface area (Å²) in [6, 6.07) is 7.41. The average molecular weight is 215 g/mol. The van der Waals surface area contributed by atoms with Crippen molar-refractivity contribution in [3.8, 4) is 0 Å². The van der Waals surface area contributed by atoms with Crippen molar-refractivity contribution in [1.82, 2.24) is 9.66 Å². The lowest BCUT2D eigenvalue weighted by Crippen LogP contribution is -2.31. The molecule has 1 aliphatic rings. The summed E-state index contributed by atoms with van der Waals surface area (Å²) in [5.74, 6) is 0. The van der Waals surface area contributed by atoms with E-state index in [2.05, 4.69) is 10.2 Å². The van der Waals surface area contributed by atoms with E-state index in [1.165, 1.54) is 0 Å². The van der Waals surface area contributed by atoms with Gasteiger partial charge >= 0.3 is 0 Å². The van der Waals surface area contributed by atoms with Crippen molar-refractivity contribution < 1.29 is 4.86 Å². The van der Waals surface area contributed by atoms with E-state index in [9.17, 15) is 5.21 Å². The topological polar surface area (TPSA) is 59.5 Å². The second kappa shape index (κ2) is 3.34. The molecule has 0 aliphatic carbocycles. The van der Waals surface area contributed by atoms with Crippen molar-refractivity contribution in [2.45, 2.75) is 6.54 Å². The molecule has 0 fully saturated rings. The second-order valence-electron chi connectivity index (χ2n) is 3.46. The molecular formula is C10H9N5O. The monoisotopic (exact) mass is 215 g/mol. The molecule has 6 heteroatoms. The molecule has 0 unspecified atom stereocenters. The third-order valence-electron chi connectivity index (χ3n) is 2.45. The normalized spacial score (nSPS) is 14.5. The van der Waals surface area contributed by atoms with Crippen LogP contribution in [0, 0.1) is 5.21 Å². The van der Waals surface area contributed by atoms with Gasteiger partial charge in [0.05, 0.1) is 6.20 Å². The van der Waals surface area contributed by atoms with E-state index in [0.717, 1.165) is 5.56 Å². The number of hydrogen-bond donors (Lipinski definition) is 0. The molecule has 1 aromatic heterocycles. The van der Waals surface area contributed by atoms with Crippen LogP contribution in [0.2, 0.25) is 0 Å². The van der Waals surface area contributed by atoms with Crippen molar-refractivity contribution in [1.29, 1.82) is 0 Å². The number of aromatic nitrogens is 2. The Balaban J connectivity index is 2.03. The zero-order valence-electron chi connectivity index (χ0n) is 8.39. The van der Waals surface area contributed by atoms with Crippen LogP contribution in [0.1, 0.15) is 5.56 Å². The zero-order valence-corrected chi connectivity index (χ0v) is 8.39. The fourth-order valence-corrected chi connectivity index (χ4v) is 1.67. The summed E-state index contributed by atoms with van der Waals surface area (Å²) in [6.07, 6.45) is 4.99. The van der Waals surface area contributed by atoms with Gasteiger partial charge in [0.2, 0.25) is 0 Å². The molecule has 0 bridgehead atoms. The number of fused-ring (bicyclic) bond motifs is 1. The molecule has 16 heavy (non-hydrogen) atoms. The van der Waals surface area contributed by atoms with Crippen LogP contribution >= 0.6 is 0 Å². The molecule has 0 N–H and O–H groups in total. The second-order valence-corrected chi connectivity index (χ2v) is 3.46. The van der Waals surface area contributed by atoms with Crippen LogP contribution in [-0.4, -0.2) is 14.5 Å². The van der Waals surface area contributed by atoms with Crippen molar-refractivity contribution >= 4 is 5.69 Å². The number of hydrogen-bond acceptors (Lipinski definition) is 4. The molecule has 0 atom stereocenters. The van der Waals surface area contributed by atoms with Gasteiger partial charge in [0.25, 0.3) is 0 Å². The number of rotatable bonds is 1. The largest absolute Gasteiger partial charge is 0.691 e. The van der Waals surface area contributed by atoms with Crippen LogP contribution in [0.25, 0.3) is 0 Å². The van der Waals surface area contributed by atoms with Crippen LogP contribution in [0.15, 0.2) is 48.2 Å². The highest BCUT2D eigenvalue weighted by Crippen LogP contribution is 2.23. The van der Waals surface area contributed by atoms with Crippen molar-refractivity contribution in [2.75, 3.05) is 5.12 Å². The van der Waals surface area contributed by atoms with Gasteiger partial charge in [-0.15, -0.1) is 4.86 Å². The maximum Gasteiger partial charge on any atom is 0.165 e. The number of benzene rings is 1. The Morgan fingerprint density at radius 1 is 1.31 bits per heavy atom. The molecule has 6 nitrogen and oxygen atoms in total. The maximum absolute atomic E-state index is 11.7. The highest BCUT2D eigenvalue weighted by atomic mass is 16.5. The molecule has 0 amide bonds. The molecule has 80 valence electrons. The predicted octanol–water partition coefficient (Wildman–Crippen LogP) is 1.54. The molecule has 0 saturated heterocycles. The minimum atomic E-state index is 0.561. The lowest BCUT2D eigenvalue weighted by atomic mass is 10.2. The molecule has 1 aromatic carbocycles. The lowest BCUT2D eigenvalue weighted by molar-refractivity contribution is -0.450. The Hall–Kier alpha value is -2.37. The highest BCUT2D eigenvalue weighted by molar-refractivity contribution is 5.41. The SMILES string of the molecule is [O-][N+]1=NN(n2ccnc2)Cc2ccccc21. The van der Waals surface area contributed by atoms with Crippen molar-refractivity contribution in [3.63, 3.8) is 0 Å². The summed E-state index contributed by atoms with van der Waals surface area (Å²) in [6.45, 7) is 0.561. The first-order valence-corrected chi connectivity index (χ1v) is 4.87. The molecular weight excluding hydrogens is 206 g/mol. The lowest BCUT2D eigenvalue weighted by Gasteiger charge is -2.20. The van der Waals surface area contributed by atoms with Gasteiger partial charge in [0, 0.05) is 11.8 Å². The molecule has 0 saturated carbocycles. The fourth-order valence-electron chi connectivity index (χ4n) is 1.67. The summed E-state index contributed by atoms with van der Waals surface area (Å²) in [5, 5.41) is 17.1. The molecule has 3 rings (SSSR count). The number of para-hydroxylation sites is 1. The van der Waals surface area contributed by atoms with Gasteiger partial charge in [-0.3, -0.25) is 0 Å². The van der Waals surface area contributed by atoms with Crippen LogP contribution in [0.4, 0.5) is 5.69 Å². The Labute approximate surface area is 91.6 Å². The Morgan fingerprint density at radius 3 is 3.00 bits per heavy atom. The van der Waals surface area contributed by atoms with Gasteiger partial charge in [-0.25, -0.2) is 4.98 Å². The fraction of sp³-hybridized carbons (Fsp3) is 0.100. The Kier molecular flexibility index (Phi) is 1.86. The van der Waals surface area contributed by atoms with Crippen LogP contribution < -0.4 is 5.12 Å². The minimum absolute atomic E-state index is 0.561. The quantitative estimate of drug-likeness (QED) is 0.535. The molecule has 1 aliphatic heterocycles. The zero-order chi connectivity index (χ0) is 11.0. The van der Waals surface area contributed by atoms with Crippen LogP contribution in [0.3, 0.4) is 0 Å². The predicted molar refractivity (Wildman–Crippen MR) is 56.3 cm³/mol. The van der Waals surface area contributed by atoms with E-state index in [4.69, 9.17) is 0 Å². The van der Waals surface area contributed by atoms with Crippen LogP contribution in [0.5, 0.6) is 0 Å². The minimum Gasteiger partial charge on any atom is -0.691 e. The summed E-state index contributed by atoms with van der Waals surface area (Å²) < 4.78 is 1.67. The van der Waals surface area contributed by atoms with Crippen LogP contribution in [-0.2, 0) is 6.54 Å². The summed E-state index contributed by atoms with van der Waals surface area (Å²) in [4.78, 5) is 4.54. The van der Waals surface area contributed by atoms with E-state index >= 15 is 0 Å². The first kappa shape index (κ1) is 8.90. The maximum atomic E-state index is 11.7. The van der Waals surface area contributed by atoms with E-state index in [1.807, 2.05) is 18.2 Å². The first-order valence-electron chi connectivity index (χ1n) is 4.87. The molecule has 0 radical (unpaired) electrons. The summed E-state index contributed by atoms with van der Waals surface area (Å²) >= 11 is 0. The Bertz CT molecular complexity index is 534. The van der Waals surface area contributed by atoms with Gasteiger partial charge in [-0.2, -0.15) is 4.68 Å². The molecule has 0 spiro atoms. The van der Waals surface area contributed by atoms with E-state index in [1.54, 1.807) is 34.6 Å². The first-order chi connectivity index (χ1) is 7.84. The third kappa shape index (κ3) is 1.31. The smallest absolute Gasteiger partial charge is 0.165 e. The van der Waals surface area contributed by atoms with E-state index < -0.39 is 0 Å². The standard InChI is InChI=1S/C10H9N5O/c16-15-10-4-2-1-3-9(10)7-14(12-15)13-6-5-11-8-13/h1-6,8H,7H2. The van der Waals surface area contributed by atoms with Gasteiger partial charge in [-0.05, 0) is 6.07 Å². The highest BCUT2D eigenvalue weighted by Gasteiger charge is 2.22. The van der Waals surface area contributed by atoms with Crippen molar-refractivity contribution in [3.05, 3.63) is 53.8 Å².